The summed E-state index contributed by atoms with van der Waals surface area (Å²) in [6, 6.07) is 2.00. The van der Waals surface area contributed by atoms with Gasteiger partial charge in [0.2, 0.25) is 0 Å². The number of carbonyl (C=O) groups is 1. The first kappa shape index (κ1) is 12.8. The van der Waals surface area contributed by atoms with Crippen LogP contribution in [-0.4, -0.2) is 34.1 Å². The fourth-order valence-electron chi connectivity index (χ4n) is 1.41. The fraction of sp³-hybridized carbons (Fsp3) is 0.455. The summed E-state index contributed by atoms with van der Waals surface area (Å²) < 4.78 is 0. The number of nitrogens with zero attached hydrogens (tertiary/aromatic N) is 1. The molecule has 1 aromatic rings. The maximum absolute atomic E-state index is 11.0. The van der Waals surface area contributed by atoms with Gasteiger partial charge in [-0.2, -0.15) is 11.8 Å². The molecule has 0 aromatic carbocycles. The van der Waals surface area contributed by atoms with Crippen LogP contribution < -0.4 is 5.32 Å². The van der Waals surface area contributed by atoms with E-state index in [1.807, 2.05) is 20.1 Å². The number of carboxylic acids is 1. The second-order valence-electron chi connectivity index (χ2n) is 3.68. The van der Waals surface area contributed by atoms with Gasteiger partial charge in [-0.25, -0.2) is 4.79 Å². The highest BCUT2D eigenvalue weighted by atomic mass is 32.2. The summed E-state index contributed by atoms with van der Waals surface area (Å²) in [4.78, 5) is 15.0. The molecule has 0 amide bonds. The van der Waals surface area contributed by atoms with E-state index in [4.69, 9.17) is 5.11 Å². The predicted molar refractivity (Wildman–Crippen MR) is 67.4 cm³/mol. The lowest BCUT2D eigenvalue weighted by atomic mass is 10.2. The molecule has 0 fully saturated rings. The number of aromatic nitrogens is 1. The molecule has 0 saturated carbocycles. The van der Waals surface area contributed by atoms with Crippen molar-refractivity contribution in [2.75, 3.05) is 17.3 Å². The van der Waals surface area contributed by atoms with Crippen molar-refractivity contribution in [2.45, 2.75) is 19.9 Å². The smallest absolute Gasteiger partial charge is 0.339 e. The number of thioether (sulfide) groups is 1. The van der Waals surface area contributed by atoms with Crippen molar-refractivity contribution in [3.8, 4) is 0 Å². The number of carboxylic acid groups (broad SMARTS) is 1. The van der Waals surface area contributed by atoms with Crippen molar-refractivity contribution in [1.29, 1.82) is 0 Å². The van der Waals surface area contributed by atoms with Gasteiger partial charge in [-0.15, -0.1) is 0 Å². The molecular formula is C11H16N2O2S. The molecule has 1 heterocycles. The number of aryl methyl sites for hydroxylation is 1. The van der Waals surface area contributed by atoms with Crippen LogP contribution in [0.5, 0.6) is 0 Å². The molecule has 1 rings (SSSR count). The van der Waals surface area contributed by atoms with E-state index >= 15 is 0 Å². The summed E-state index contributed by atoms with van der Waals surface area (Å²) in [5.74, 6) is -0.0215. The maximum atomic E-state index is 11.0. The Kier molecular flexibility index (Phi) is 4.61. The number of pyridine rings is 1. The van der Waals surface area contributed by atoms with Crippen molar-refractivity contribution in [3.05, 3.63) is 23.5 Å². The van der Waals surface area contributed by atoms with Gasteiger partial charge in [-0.05, 0) is 26.2 Å². The standard InChI is InChI=1S/C11H16N2O2S/c1-7-4-10(13-8(2)6-16-3)9(5-12-7)11(14)15/h4-5,8H,6H2,1-3H3,(H,12,13)(H,14,15). The Bertz CT molecular complexity index is 382. The molecule has 4 nitrogen and oxygen atoms in total. The van der Waals surface area contributed by atoms with E-state index in [9.17, 15) is 4.79 Å². The first-order valence-electron chi connectivity index (χ1n) is 5.00. The largest absolute Gasteiger partial charge is 0.478 e. The molecule has 0 spiro atoms. The lowest BCUT2D eigenvalue weighted by Crippen LogP contribution is -2.20. The Balaban J connectivity index is 2.92. The van der Waals surface area contributed by atoms with Crippen LogP contribution in [-0.2, 0) is 0 Å². The SMILES string of the molecule is CSCC(C)Nc1cc(C)ncc1C(=O)O. The molecule has 2 N–H and O–H groups in total. The molecule has 0 bridgehead atoms. The highest BCUT2D eigenvalue weighted by Gasteiger charge is 2.12. The first-order valence-corrected chi connectivity index (χ1v) is 6.39. The normalized spacial score (nSPS) is 12.2. The molecule has 1 atom stereocenters. The second kappa shape index (κ2) is 5.75. The minimum atomic E-state index is -0.952. The monoisotopic (exact) mass is 240 g/mol. The number of hydrogen-bond donors (Lipinski definition) is 2. The molecule has 5 heteroatoms. The highest BCUT2D eigenvalue weighted by molar-refractivity contribution is 7.98. The molecule has 0 aliphatic rings. The molecular weight excluding hydrogens is 224 g/mol. The lowest BCUT2D eigenvalue weighted by Gasteiger charge is -2.16. The van der Waals surface area contributed by atoms with Gasteiger partial charge in [0, 0.05) is 23.7 Å². The van der Waals surface area contributed by atoms with Crippen molar-refractivity contribution in [3.63, 3.8) is 0 Å². The van der Waals surface area contributed by atoms with Gasteiger partial charge in [-0.1, -0.05) is 0 Å². The molecule has 88 valence electrons. The molecule has 1 aromatic heterocycles. The predicted octanol–water partition coefficient (Wildman–Crippen LogP) is 2.25. The van der Waals surface area contributed by atoms with Crippen LogP contribution in [0.4, 0.5) is 5.69 Å². The lowest BCUT2D eigenvalue weighted by molar-refractivity contribution is 0.0697. The third-order valence-electron chi connectivity index (χ3n) is 2.09. The van der Waals surface area contributed by atoms with Crippen molar-refractivity contribution in [2.24, 2.45) is 0 Å². The summed E-state index contributed by atoms with van der Waals surface area (Å²) in [7, 11) is 0. The molecule has 16 heavy (non-hydrogen) atoms. The minimum absolute atomic E-state index is 0.221. The van der Waals surface area contributed by atoms with Crippen molar-refractivity contribution >= 4 is 23.4 Å². The maximum Gasteiger partial charge on any atom is 0.339 e. The molecule has 0 aliphatic heterocycles. The van der Waals surface area contributed by atoms with Crippen LogP contribution in [0, 0.1) is 6.92 Å². The van der Waals surface area contributed by atoms with E-state index in [0.29, 0.717) is 5.69 Å². The second-order valence-corrected chi connectivity index (χ2v) is 4.59. The Labute approximate surface area is 99.5 Å². The van der Waals surface area contributed by atoms with Gasteiger partial charge in [0.05, 0.1) is 5.69 Å². The average molecular weight is 240 g/mol. The van der Waals surface area contributed by atoms with Crippen LogP contribution in [0.2, 0.25) is 0 Å². The zero-order valence-corrected chi connectivity index (χ0v) is 10.5. The number of anilines is 1. The molecule has 0 radical (unpaired) electrons. The molecule has 1 unspecified atom stereocenters. The summed E-state index contributed by atoms with van der Waals surface area (Å²) in [6.07, 6.45) is 3.42. The fourth-order valence-corrected chi connectivity index (χ4v) is 1.99. The minimum Gasteiger partial charge on any atom is -0.478 e. The van der Waals surface area contributed by atoms with Crippen LogP contribution in [0.25, 0.3) is 0 Å². The van der Waals surface area contributed by atoms with Crippen LogP contribution >= 0.6 is 11.8 Å². The first-order chi connectivity index (χ1) is 7.54. The Morgan fingerprint density at radius 2 is 2.38 bits per heavy atom. The summed E-state index contributed by atoms with van der Waals surface area (Å²) in [5.41, 5.74) is 1.67. The number of aromatic carboxylic acids is 1. The van der Waals surface area contributed by atoms with E-state index in [2.05, 4.69) is 10.3 Å². The highest BCUT2D eigenvalue weighted by Crippen LogP contribution is 2.17. The topological polar surface area (TPSA) is 62.2 Å². The van der Waals surface area contributed by atoms with Gasteiger partial charge in [0.1, 0.15) is 5.56 Å². The van der Waals surface area contributed by atoms with Gasteiger partial charge in [0.25, 0.3) is 0 Å². The average Bonchev–Trinajstić information content (AvgIpc) is 2.17. The Hall–Kier alpha value is -1.23. The number of hydrogen-bond acceptors (Lipinski definition) is 4. The van der Waals surface area contributed by atoms with E-state index in [-0.39, 0.29) is 11.6 Å². The number of rotatable bonds is 5. The molecule has 0 aliphatic carbocycles. The van der Waals surface area contributed by atoms with Crippen LogP contribution in [0.1, 0.15) is 23.0 Å². The summed E-state index contributed by atoms with van der Waals surface area (Å²) in [6.45, 7) is 3.87. The van der Waals surface area contributed by atoms with Gasteiger partial charge in [-0.3, -0.25) is 4.98 Å². The van der Waals surface area contributed by atoms with E-state index < -0.39 is 5.97 Å². The van der Waals surface area contributed by atoms with E-state index in [1.54, 1.807) is 17.8 Å². The quantitative estimate of drug-likeness (QED) is 0.826. The third-order valence-corrected chi connectivity index (χ3v) is 2.92. The van der Waals surface area contributed by atoms with Gasteiger partial charge in [0.15, 0.2) is 0 Å². The summed E-state index contributed by atoms with van der Waals surface area (Å²) in [5, 5.41) is 12.2. The Morgan fingerprint density at radius 1 is 1.69 bits per heavy atom. The zero-order chi connectivity index (χ0) is 12.1. The van der Waals surface area contributed by atoms with Crippen molar-refractivity contribution in [1.82, 2.24) is 4.98 Å². The van der Waals surface area contributed by atoms with Gasteiger partial charge >= 0.3 is 5.97 Å². The Morgan fingerprint density at radius 3 is 2.94 bits per heavy atom. The van der Waals surface area contributed by atoms with E-state index in [1.165, 1.54) is 6.20 Å². The van der Waals surface area contributed by atoms with Gasteiger partial charge < -0.3 is 10.4 Å². The van der Waals surface area contributed by atoms with Crippen LogP contribution in [0.15, 0.2) is 12.3 Å². The van der Waals surface area contributed by atoms with Crippen molar-refractivity contribution < 1.29 is 9.90 Å². The molecule has 0 saturated heterocycles. The van der Waals surface area contributed by atoms with Crippen LogP contribution in [0.3, 0.4) is 0 Å². The summed E-state index contributed by atoms with van der Waals surface area (Å²) >= 11 is 1.72. The third kappa shape index (κ3) is 3.41. The van der Waals surface area contributed by atoms with E-state index in [0.717, 1.165) is 11.4 Å². The zero-order valence-electron chi connectivity index (χ0n) is 9.65. The number of nitrogens with one attached hydrogen (secondary N) is 1.